The summed E-state index contributed by atoms with van der Waals surface area (Å²) in [5, 5.41) is 1.09. The number of rotatable bonds is 2. The number of pyridine rings is 1. The molecular weight excluding hydrogens is 262 g/mol. The van der Waals surface area contributed by atoms with Gasteiger partial charge in [0.1, 0.15) is 11.6 Å². The first-order chi connectivity index (χ1) is 10.3. The Kier molecular flexibility index (Phi) is 2.60. The van der Waals surface area contributed by atoms with Gasteiger partial charge in [0.25, 0.3) is 0 Å². The first-order valence-corrected chi connectivity index (χ1v) is 6.73. The smallest absolute Gasteiger partial charge is 0.139 e. The van der Waals surface area contributed by atoms with Gasteiger partial charge in [0.15, 0.2) is 0 Å². The molecule has 0 unspecified atom stereocenters. The third-order valence-corrected chi connectivity index (χ3v) is 3.59. The first-order valence-electron chi connectivity index (χ1n) is 6.73. The van der Waals surface area contributed by atoms with E-state index >= 15 is 0 Å². The SMILES string of the molecule is COc1ccc2nc(-c3cccc4ncccc34)[nH]c2c1. The Hall–Kier alpha value is -2.88. The van der Waals surface area contributed by atoms with Gasteiger partial charge in [-0.2, -0.15) is 0 Å². The number of aromatic nitrogens is 3. The van der Waals surface area contributed by atoms with Gasteiger partial charge < -0.3 is 9.72 Å². The highest BCUT2D eigenvalue weighted by molar-refractivity contribution is 5.94. The zero-order valence-corrected chi connectivity index (χ0v) is 11.5. The number of aromatic amines is 1. The van der Waals surface area contributed by atoms with Crippen molar-refractivity contribution in [3.8, 4) is 17.1 Å². The van der Waals surface area contributed by atoms with Crippen LogP contribution in [0.2, 0.25) is 0 Å². The quantitative estimate of drug-likeness (QED) is 0.605. The minimum atomic E-state index is 0.817. The third-order valence-electron chi connectivity index (χ3n) is 3.59. The highest BCUT2D eigenvalue weighted by Gasteiger charge is 2.09. The molecule has 0 fully saturated rings. The molecule has 1 N–H and O–H groups in total. The van der Waals surface area contributed by atoms with Gasteiger partial charge in [0.05, 0.1) is 23.7 Å². The molecule has 4 rings (SSSR count). The summed E-state index contributed by atoms with van der Waals surface area (Å²) in [5.41, 5.74) is 3.90. The van der Waals surface area contributed by atoms with Gasteiger partial charge in [0, 0.05) is 23.2 Å². The van der Waals surface area contributed by atoms with E-state index < -0.39 is 0 Å². The van der Waals surface area contributed by atoms with Crippen LogP contribution in [-0.4, -0.2) is 22.1 Å². The number of H-pyrrole nitrogens is 1. The third kappa shape index (κ3) is 1.92. The Morgan fingerprint density at radius 2 is 1.95 bits per heavy atom. The molecular formula is C17H13N3O. The Balaban J connectivity index is 1.96. The van der Waals surface area contributed by atoms with Crippen LogP contribution in [0.15, 0.2) is 54.7 Å². The fourth-order valence-corrected chi connectivity index (χ4v) is 2.55. The molecule has 0 atom stereocenters. The van der Waals surface area contributed by atoms with Crippen molar-refractivity contribution >= 4 is 21.9 Å². The Morgan fingerprint density at radius 1 is 1.00 bits per heavy atom. The van der Waals surface area contributed by atoms with Crippen LogP contribution in [0, 0.1) is 0 Å². The van der Waals surface area contributed by atoms with E-state index in [1.54, 1.807) is 13.3 Å². The zero-order valence-electron chi connectivity index (χ0n) is 11.5. The van der Waals surface area contributed by atoms with Gasteiger partial charge in [-0.05, 0) is 24.3 Å². The van der Waals surface area contributed by atoms with Crippen molar-refractivity contribution in [2.45, 2.75) is 0 Å². The fraction of sp³-hybridized carbons (Fsp3) is 0.0588. The summed E-state index contributed by atoms with van der Waals surface area (Å²) in [7, 11) is 1.66. The lowest BCUT2D eigenvalue weighted by Crippen LogP contribution is -1.84. The standard InChI is InChI=1S/C17H13N3O/c1-21-11-7-8-15-16(10-11)20-17(19-15)13-4-2-6-14-12(13)5-3-9-18-14/h2-10H,1H3,(H,19,20). The fourth-order valence-electron chi connectivity index (χ4n) is 2.55. The number of imidazole rings is 1. The molecule has 0 saturated carbocycles. The summed E-state index contributed by atoms with van der Waals surface area (Å²) in [4.78, 5) is 12.4. The van der Waals surface area contributed by atoms with E-state index in [0.717, 1.165) is 39.1 Å². The molecule has 0 radical (unpaired) electrons. The summed E-state index contributed by atoms with van der Waals surface area (Å²) >= 11 is 0. The molecule has 21 heavy (non-hydrogen) atoms. The number of hydrogen-bond acceptors (Lipinski definition) is 3. The van der Waals surface area contributed by atoms with E-state index in [2.05, 4.69) is 27.1 Å². The molecule has 4 aromatic rings. The maximum Gasteiger partial charge on any atom is 0.139 e. The topological polar surface area (TPSA) is 50.8 Å². The molecule has 2 aromatic heterocycles. The lowest BCUT2D eigenvalue weighted by atomic mass is 10.1. The molecule has 0 aliphatic rings. The maximum atomic E-state index is 5.25. The van der Waals surface area contributed by atoms with Crippen molar-refractivity contribution in [1.82, 2.24) is 15.0 Å². The summed E-state index contributed by atoms with van der Waals surface area (Å²) in [6.07, 6.45) is 1.80. The number of ether oxygens (including phenoxy) is 1. The summed E-state index contributed by atoms with van der Waals surface area (Å²) in [6.45, 7) is 0. The monoisotopic (exact) mass is 275 g/mol. The van der Waals surface area contributed by atoms with Crippen LogP contribution in [0.4, 0.5) is 0 Å². The second-order valence-corrected chi connectivity index (χ2v) is 4.84. The molecule has 0 spiro atoms. The summed E-state index contributed by atoms with van der Waals surface area (Å²) in [5.74, 6) is 1.66. The average molecular weight is 275 g/mol. The average Bonchev–Trinajstić information content (AvgIpc) is 2.97. The van der Waals surface area contributed by atoms with Crippen molar-refractivity contribution in [3.63, 3.8) is 0 Å². The van der Waals surface area contributed by atoms with E-state index in [1.165, 1.54) is 0 Å². The number of benzene rings is 2. The van der Waals surface area contributed by atoms with Crippen LogP contribution in [0.1, 0.15) is 0 Å². The van der Waals surface area contributed by atoms with Crippen LogP contribution < -0.4 is 4.74 Å². The van der Waals surface area contributed by atoms with Gasteiger partial charge >= 0.3 is 0 Å². The number of fused-ring (bicyclic) bond motifs is 2. The lowest BCUT2D eigenvalue weighted by molar-refractivity contribution is 0.415. The number of nitrogens with one attached hydrogen (secondary N) is 1. The largest absolute Gasteiger partial charge is 0.497 e. The molecule has 102 valence electrons. The van der Waals surface area contributed by atoms with Gasteiger partial charge in [-0.3, -0.25) is 4.98 Å². The molecule has 0 saturated heterocycles. The predicted octanol–water partition coefficient (Wildman–Crippen LogP) is 3.79. The molecule has 4 heteroatoms. The van der Waals surface area contributed by atoms with Crippen LogP contribution in [0.25, 0.3) is 33.3 Å². The second-order valence-electron chi connectivity index (χ2n) is 4.84. The number of nitrogens with zero attached hydrogens (tertiary/aromatic N) is 2. The van der Waals surface area contributed by atoms with Crippen LogP contribution in [-0.2, 0) is 0 Å². The van der Waals surface area contributed by atoms with E-state index in [1.807, 2.05) is 36.4 Å². The molecule has 2 aromatic carbocycles. The van der Waals surface area contributed by atoms with Gasteiger partial charge in [-0.25, -0.2) is 4.98 Å². The van der Waals surface area contributed by atoms with E-state index in [4.69, 9.17) is 4.74 Å². The predicted molar refractivity (Wildman–Crippen MR) is 83.4 cm³/mol. The normalized spacial score (nSPS) is 11.1. The number of methoxy groups -OCH3 is 1. The molecule has 2 heterocycles. The minimum absolute atomic E-state index is 0.817. The highest BCUT2D eigenvalue weighted by atomic mass is 16.5. The first kappa shape index (κ1) is 11.9. The van der Waals surface area contributed by atoms with Gasteiger partial charge in [0.2, 0.25) is 0 Å². The Labute approximate surface area is 121 Å². The van der Waals surface area contributed by atoms with E-state index in [9.17, 15) is 0 Å². The van der Waals surface area contributed by atoms with Crippen molar-refractivity contribution in [2.75, 3.05) is 7.11 Å². The van der Waals surface area contributed by atoms with Crippen molar-refractivity contribution < 1.29 is 4.74 Å². The second kappa shape index (κ2) is 4.59. The van der Waals surface area contributed by atoms with Gasteiger partial charge in [-0.1, -0.05) is 18.2 Å². The molecule has 4 nitrogen and oxygen atoms in total. The lowest BCUT2D eigenvalue weighted by Gasteiger charge is -2.02. The van der Waals surface area contributed by atoms with Gasteiger partial charge in [-0.15, -0.1) is 0 Å². The van der Waals surface area contributed by atoms with Crippen molar-refractivity contribution in [1.29, 1.82) is 0 Å². The van der Waals surface area contributed by atoms with Crippen LogP contribution in [0.3, 0.4) is 0 Å². The molecule has 0 aliphatic heterocycles. The van der Waals surface area contributed by atoms with E-state index in [0.29, 0.717) is 0 Å². The Bertz CT molecular complexity index is 938. The van der Waals surface area contributed by atoms with E-state index in [-0.39, 0.29) is 0 Å². The van der Waals surface area contributed by atoms with Crippen molar-refractivity contribution in [2.24, 2.45) is 0 Å². The minimum Gasteiger partial charge on any atom is -0.497 e. The maximum absolute atomic E-state index is 5.25. The number of hydrogen-bond donors (Lipinski definition) is 1. The highest BCUT2D eigenvalue weighted by Crippen LogP contribution is 2.28. The van der Waals surface area contributed by atoms with Crippen molar-refractivity contribution in [3.05, 3.63) is 54.7 Å². The Morgan fingerprint density at radius 3 is 2.86 bits per heavy atom. The van der Waals surface area contributed by atoms with Crippen LogP contribution >= 0.6 is 0 Å². The zero-order chi connectivity index (χ0) is 14.2. The summed E-state index contributed by atoms with van der Waals surface area (Å²) in [6, 6.07) is 15.9. The van der Waals surface area contributed by atoms with Crippen LogP contribution in [0.5, 0.6) is 5.75 Å². The molecule has 0 bridgehead atoms. The summed E-state index contributed by atoms with van der Waals surface area (Å²) < 4.78 is 5.25. The molecule has 0 aliphatic carbocycles. The molecule has 0 amide bonds.